The second-order valence-corrected chi connectivity index (χ2v) is 14.8. The molecule has 0 aliphatic rings. The van der Waals surface area contributed by atoms with Crippen molar-refractivity contribution in [2.75, 3.05) is 0 Å². The lowest BCUT2D eigenvalue weighted by molar-refractivity contribution is 1.07. The quantitative estimate of drug-likeness (QED) is 0.126. The van der Waals surface area contributed by atoms with Crippen LogP contribution in [0.15, 0.2) is 212 Å². The summed E-state index contributed by atoms with van der Waals surface area (Å²) in [6.45, 7) is 0. The van der Waals surface area contributed by atoms with Crippen LogP contribution in [0.4, 0.5) is 0 Å². The highest BCUT2D eigenvalue weighted by Gasteiger charge is 2.20. The molecular formula is C55H35N3. The molecule has 0 unspecified atom stereocenters. The number of rotatable bonds is 6. The number of fused-ring (bicyclic) bond motifs is 5. The zero-order valence-corrected chi connectivity index (χ0v) is 31.5. The predicted octanol–water partition coefficient (Wildman–Crippen LogP) is 14.5. The fourth-order valence-electron chi connectivity index (χ4n) is 8.48. The van der Waals surface area contributed by atoms with Gasteiger partial charge in [0.05, 0.1) is 0 Å². The maximum absolute atomic E-state index is 5.09. The highest BCUT2D eigenvalue weighted by atomic mass is 15.0. The van der Waals surface area contributed by atoms with E-state index in [1.807, 2.05) is 36.4 Å². The number of benzene rings is 10. The van der Waals surface area contributed by atoms with E-state index in [1.165, 1.54) is 65.3 Å². The Morgan fingerprint density at radius 2 is 0.638 bits per heavy atom. The molecule has 11 rings (SSSR count). The summed E-state index contributed by atoms with van der Waals surface area (Å²) in [5.74, 6) is 1.92. The van der Waals surface area contributed by atoms with Crippen LogP contribution in [0, 0.1) is 0 Å². The summed E-state index contributed by atoms with van der Waals surface area (Å²) < 4.78 is 0. The summed E-state index contributed by atoms with van der Waals surface area (Å²) in [5, 5.41) is 9.86. The molecule has 58 heavy (non-hydrogen) atoms. The molecule has 0 fully saturated rings. The Labute approximate surface area is 336 Å². The Morgan fingerprint density at radius 1 is 0.224 bits per heavy atom. The average Bonchev–Trinajstić information content (AvgIpc) is 3.31. The SMILES string of the molecule is c1ccc(-c2ccc(-c3nc(-c4ccccc4)nc(-c4ccc(-c5c6ccccc6c(-c6ccc7ccccc7c6)c6ccc7ccccc7c56)cc4)n3)cc2)cc1. The minimum Gasteiger partial charge on any atom is -0.208 e. The van der Waals surface area contributed by atoms with E-state index in [2.05, 4.69) is 176 Å². The number of nitrogens with zero attached hydrogens (tertiary/aromatic N) is 3. The third-order valence-electron chi connectivity index (χ3n) is 11.3. The van der Waals surface area contributed by atoms with E-state index < -0.39 is 0 Å². The lowest BCUT2D eigenvalue weighted by Crippen LogP contribution is -2.00. The molecule has 0 aliphatic carbocycles. The zero-order chi connectivity index (χ0) is 38.4. The number of hydrogen-bond acceptors (Lipinski definition) is 3. The van der Waals surface area contributed by atoms with Gasteiger partial charge >= 0.3 is 0 Å². The van der Waals surface area contributed by atoms with Crippen molar-refractivity contribution in [3.63, 3.8) is 0 Å². The van der Waals surface area contributed by atoms with Gasteiger partial charge in [-0.25, -0.2) is 15.0 Å². The second-order valence-electron chi connectivity index (χ2n) is 14.8. The third-order valence-corrected chi connectivity index (χ3v) is 11.3. The van der Waals surface area contributed by atoms with Crippen LogP contribution in [0.25, 0.3) is 111 Å². The van der Waals surface area contributed by atoms with Crippen LogP contribution < -0.4 is 0 Å². The van der Waals surface area contributed by atoms with Gasteiger partial charge in [0.15, 0.2) is 17.5 Å². The molecule has 270 valence electrons. The fourth-order valence-corrected chi connectivity index (χ4v) is 8.48. The maximum Gasteiger partial charge on any atom is 0.164 e. The van der Waals surface area contributed by atoms with Crippen LogP contribution in [0.5, 0.6) is 0 Å². The zero-order valence-electron chi connectivity index (χ0n) is 31.5. The molecule has 0 amide bonds. The van der Waals surface area contributed by atoms with E-state index in [-0.39, 0.29) is 0 Å². The summed E-state index contributed by atoms with van der Waals surface area (Å²) in [4.78, 5) is 15.1. The molecule has 0 spiro atoms. The minimum absolute atomic E-state index is 0.634. The lowest BCUT2D eigenvalue weighted by Gasteiger charge is -2.20. The van der Waals surface area contributed by atoms with Crippen molar-refractivity contribution in [2.24, 2.45) is 0 Å². The van der Waals surface area contributed by atoms with Crippen molar-refractivity contribution >= 4 is 43.1 Å². The smallest absolute Gasteiger partial charge is 0.164 e. The first-order chi connectivity index (χ1) is 28.7. The van der Waals surface area contributed by atoms with Crippen molar-refractivity contribution in [2.45, 2.75) is 0 Å². The predicted molar refractivity (Wildman–Crippen MR) is 242 cm³/mol. The molecule has 0 saturated carbocycles. The van der Waals surface area contributed by atoms with Crippen molar-refractivity contribution in [1.82, 2.24) is 15.0 Å². The van der Waals surface area contributed by atoms with Gasteiger partial charge in [0.2, 0.25) is 0 Å². The summed E-state index contributed by atoms with van der Waals surface area (Å²) in [6, 6.07) is 75.5. The van der Waals surface area contributed by atoms with Crippen molar-refractivity contribution in [1.29, 1.82) is 0 Å². The van der Waals surface area contributed by atoms with E-state index in [0.29, 0.717) is 17.5 Å². The average molecular weight is 738 g/mol. The van der Waals surface area contributed by atoms with Gasteiger partial charge in [0.25, 0.3) is 0 Å². The van der Waals surface area contributed by atoms with Gasteiger partial charge in [-0.1, -0.05) is 206 Å². The first-order valence-electron chi connectivity index (χ1n) is 19.7. The molecule has 0 bridgehead atoms. The van der Waals surface area contributed by atoms with Gasteiger partial charge in [-0.3, -0.25) is 0 Å². The lowest BCUT2D eigenvalue weighted by atomic mass is 9.83. The molecule has 0 saturated heterocycles. The van der Waals surface area contributed by atoms with Gasteiger partial charge in [0.1, 0.15) is 0 Å². The summed E-state index contributed by atoms with van der Waals surface area (Å²) in [5.41, 5.74) is 9.96. The van der Waals surface area contributed by atoms with Crippen molar-refractivity contribution < 1.29 is 0 Å². The van der Waals surface area contributed by atoms with E-state index in [9.17, 15) is 0 Å². The van der Waals surface area contributed by atoms with Crippen LogP contribution in [-0.4, -0.2) is 15.0 Å². The molecule has 0 radical (unpaired) electrons. The highest BCUT2D eigenvalue weighted by Crippen LogP contribution is 2.46. The number of hydrogen-bond donors (Lipinski definition) is 0. The van der Waals surface area contributed by atoms with Crippen molar-refractivity contribution in [3.05, 3.63) is 212 Å². The molecule has 3 nitrogen and oxygen atoms in total. The molecular weight excluding hydrogens is 703 g/mol. The van der Waals surface area contributed by atoms with Gasteiger partial charge in [-0.2, -0.15) is 0 Å². The fraction of sp³-hybridized carbons (Fsp3) is 0. The molecule has 1 heterocycles. The van der Waals surface area contributed by atoms with Gasteiger partial charge in [0, 0.05) is 16.7 Å². The Morgan fingerprint density at radius 3 is 1.28 bits per heavy atom. The molecule has 3 heteroatoms. The highest BCUT2D eigenvalue weighted by molar-refractivity contribution is 6.28. The molecule has 11 aromatic rings. The molecule has 10 aromatic carbocycles. The summed E-state index contributed by atoms with van der Waals surface area (Å²) in [7, 11) is 0. The van der Waals surface area contributed by atoms with E-state index in [0.717, 1.165) is 27.8 Å². The Balaban J connectivity index is 1.08. The summed E-state index contributed by atoms with van der Waals surface area (Å²) in [6.07, 6.45) is 0. The Bertz CT molecular complexity index is 3300. The Kier molecular flexibility index (Phi) is 8.15. The third kappa shape index (κ3) is 5.89. The van der Waals surface area contributed by atoms with E-state index >= 15 is 0 Å². The Hall–Kier alpha value is -7.75. The molecule has 0 atom stereocenters. The molecule has 0 N–H and O–H groups in total. The normalized spacial score (nSPS) is 11.4. The largest absolute Gasteiger partial charge is 0.208 e. The monoisotopic (exact) mass is 737 g/mol. The first kappa shape index (κ1) is 33.6. The summed E-state index contributed by atoms with van der Waals surface area (Å²) >= 11 is 0. The van der Waals surface area contributed by atoms with Crippen molar-refractivity contribution in [3.8, 4) is 67.5 Å². The van der Waals surface area contributed by atoms with E-state index in [1.54, 1.807) is 0 Å². The number of aromatic nitrogens is 3. The van der Waals surface area contributed by atoms with E-state index in [4.69, 9.17) is 15.0 Å². The molecule has 0 aliphatic heterocycles. The topological polar surface area (TPSA) is 38.7 Å². The standard InChI is InChI=1S/C55H35N3/c1-3-13-36(14-4-1)38-23-28-42(29-24-38)54-56-53(41-17-5-2-6-18-41)57-55(58-54)43-30-26-40(27-31-43)51-48-22-12-11-21-47(48)50(45-32-25-37-15-7-8-19-44(37)35-45)49-34-33-39-16-9-10-20-46(39)52(49)51/h1-35H. The van der Waals surface area contributed by atoms with Gasteiger partial charge < -0.3 is 0 Å². The molecule has 1 aromatic heterocycles. The van der Waals surface area contributed by atoms with Crippen LogP contribution in [-0.2, 0) is 0 Å². The van der Waals surface area contributed by atoms with Crippen LogP contribution in [0.1, 0.15) is 0 Å². The van der Waals surface area contributed by atoms with Crippen LogP contribution in [0.3, 0.4) is 0 Å². The van der Waals surface area contributed by atoms with Gasteiger partial charge in [-0.05, 0) is 82.5 Å². The maximum atomic E-state index is 5.09. The minimum atomic E-state index is 0.634. The van der Waals surface area contributed by atoms with Gasteiger partial charge in [-0.15, -0.1) is 0 Å². The second kappa shape index (κ2) is 14.1. The van der Waals surface area contributed by atoms with Crippen LogP contribution >= 0.6 is 0 Å². The van der Waals surface area contributed by atoms with Crippen LogP contribution in [0.2, 0.25) is 0 Å². The first-order valence-corrected chi connectivity index (χ1v) is 19.7.